The van der Waals surface area contributed by atoms with Crippen molar-refractivity contribution in [2.24, 2.45) is 11.3 Å². The Morgan fingerprint density at radius 3 is 2.21 bits per heavy atom. The molecule has 0 aromatic heterocycles. The van der Waals surface area contributed by atoms with E-state index in [2.05, 4.69) is 16.0 Å². The van der Waals surface area contributed by atoms with E-state index >= 15 is 0 Å². The summed E-state index contributed by atoms with van der Waals surface area (Å²) >= 11 is 0. The molecule has 6 nitrogen and oxygen atoms in total. The van der Waals surface area contributed by atoms with Crippen molar-refractivity contribution < 1.29 is 14.3 Å². The fourth-order valence-electron chi connectivity index (χ4n) is 3.49. The molecular weight excluding hydrogens is 306 g/mol. The van der Waals surface area contributed by atoms with Crippen LogP contribution >= 0.6 is 0 Å². The Morgan fingerprint density at radius 2 is 1.71 bits per heavy atom. The first-order valence-corrected chi connectivity index (χ1v) is 8.66. The Bertz CT molecular complexity index is 586. The molecule has 1 aliphatic carbocycles. The van der Waals surface area contributed by atoms with Crippen LogP contribution in [-0.2, 0) is 9.53 Å². The Labute approximate surface area is 142 Å². The molecular formula is C18H25N3O3. The van der Waals surface area contributed by atoms with Gasteiger partial charge in [-0.05, 0) is 62.3 Å². The third kappa shape index (κ3) is 3.87. The molecule has 130 valence electrons. The van der Waals surface area contributed by atoms with Crippen LogP contribution in [0.2, 0.25) is 0 Å². The van der Waals surface area contributed by atoms with Crippen LogP contribution < -0.4 is 16.0 Å². The number of carbonyl (C=O) groups excluding carboxylic acids is 2. The highest BCUT2D eigenvalue weighted by Crippen LogP contribution is 2.41. The summed E-state index contributed by atoms with van der Waals surface area (Å²) in [5, 5.41) is 8.95. The third-order valence-electron chi connectivity index (χ3n) is 5.09. The van der Waals surface area contributed by atoms with Gasteiger partial charge in [-0.1, -0.05) is 0 Å². The Balaban J connectivity index is 1.48. The summed E-state index contributed by atoms with van der Waals surface area (Å²) in [6.07, 6.45) is 3.74. The number of rotatable bonds is 4. The van der Waals surface area contributed by atoms with Crippen LogP contribution in [0.15, 0.2) is 24.3 Å². The molecule has 1 saturated heterocycles. The Hall–Kier alpha value is -2.08. The van der Waals surface area contributed by atoms with Gasteiger partial charge < -0.3 is 15.4 Å². The minimum Gasteiger partial charge on any atom is -0.450 e. The molecule has 2 fully saturated rings. The number of ether oxygens (including phenoxy) is 1. The summed E-state index contributed by atoms with van der Waals surface area (Å²) < 4.78 is 4.83. The summed E-state index contributed by atoms with van der Waals surface area (Å²) in [6.45, 7) is 4.30. The number of nitrogens with one attached hydrogen (secondary N) is 3. The maximum Gasteiger partial charge on any atom is 0.411 e. The van der Waals surface area contributed by atoms with Gasteiger partial charge in [0.1, 0.15) is 0 Å². The minimum absolute atomic E-state index is 0.100. The molecule has 6 heteroatoms. The van der Waals surface area contributed by atoms with Gasteiger partial charge in [0.2, 0.25) is 5.91 Å². The number of hydrogen-bond acceptors (Lipinski definition) is 4. The third-order valence-corrected chi connectivity index (χ3v) is 5.09. The van der Waals surface area contributed by atoms with Crippen molar-refractivity contribution in [2.45, 2.75) is 32.6 Å². The van der Waals surface area contributed by atoms with E-state index in [-0.39, 0.29) is 11.8 Å². The number of amides is 2. The van der Waals surface area contributed by atoms with Gasteiger partial charge in [-0.15, -0.1) is 0 Å². The monoisotopic (exact) mass is 331 g/mol. The summed E-state index contributed by atoms with van der Waals surface area (Å²) in [5.74, 6) is 0.205. The summed E-state index contributed by atoms with van der Waals surface area (Å²) in [6, 6.07) is 7.09. The first-order valence-electron chi connectivity index (χ1n) is 8.66. The maximum absolute atomic E-state index is 12.4. The van der Waals surface area contributed by atoms with E-state index in [1.54, 1.807) is 31.2 Å². The van der Waals surface area contributed by atoms with Gasteiger partial charge in [0.25, 0.3) is 0 Å². The van der Waals surface area contributed by atoms with E-state index in [0.717, 1.165) is 44.5 Å². The molecule has 3 N–H and O–H groups in total. The van der Waals surface area contributed by atoms with Crippen molar-refractivity contribution in [3.8, 4) is 0 Å². The predicted molar refractivity (Wildman–Crippen MR) is 93.0 cm³/mol. The molecule has 0 radical (unpaired) electrons. The second-order valence-electron chi connectivity index (χ2n) is 6.79. The number of benzene rings is 1. The smallest absolute Gasteiger partial charge is 0.411 e. The predicted octanol–water partition coefficient (Wildman–Crippen LogP) is 2.97. The molecule has 1 aliphatic heterocycles. The summed E-state index contributed by atoms with van der Waals surface area (Å²) in [5.41, 5.74) is 1.86. The first kappa shape index (κ1) is 16.8. The van der Waals surface area contributed by atoms with Crippen LogP contribution in [0.1, 0.15) is 32.6 Å². The lowest BCUT2D eigenvalue weighted by molar-refractivity contribution is -0.121. The topological polar surface area (TPSA) is 79.5 Å². The molecule has 1 aromatic rings. The van der Waals surface area contributed by atoms with Crippen molar-refractivity contribution in [3.63, 3.8) is 0 Å². The molecule has 24 heavy (non-hydrogen) atoms. The van der Waals surface area contributed by atoms with Crippen molar-refractivity contribution in [3.05, 3.63) is 24.3 Å². The Kier molecular flexibility index (Phi) is 5.04. The molecule has 1 aromatic carbocycles. The van der Waals surface area contributed by atoms with Gasteiger partial charge in [0.15, 0.2) is 0 Å². The van der Waals surface area contributed by atoms with Crippen molar-refractivity contribution in [2.75, 3.05) is 30.3 Å². The van der Waals surface area contributed by atoms with E-state index < -0.39 is 6.09 Å². The zero-order chi connectivity index (χ0) is 17.0. The van der Waals surface area contributed by atoms with Gasteiger partial charge in [-0.3, -0.25) is 10.1 Å². The van der Waals surface area contributed by atoms with Crippen molar-refractivity contribution >= 4 is 23.4 Å². The second kappa shape index (κ2) is 7.21. The lowest BCUT2D eigenvalue weighted by Crippen LogP contribution is -2.55. The van der Waals surface area contributed by atoms with Crippen LogP contribution in [0.4, 0.5) is 16.2 Å². The highest BCUT2D eigenvalue weighted by Gasteiger charge is 2.41. The van der Waals surface area contributed by atoms with E-state index in [1.165, 1.54) is 0 Å². The van der Waals surface area contributed by atoms with Crippen LogP contribution in [-0.4, -0.2) is 31.7 Å². The molecule has 3 rings (SSSR count). The van der Waals surface area contributed by atoms with E-state index in [4.69, 9.17) is 4.74 Å². The highest BCUT2D eigenvalue weighted by atomic mass is 16.5. The average molecular weight is 331 g/mol. The second-order valence-corrected chi connectivity index (χ2v) is 6.79. The lowest BCUT2D eigenvalue weighted by Gasteiger charge is -2.47. The number of anilines is 2. The molecule has 1 spiro atoms. The summed E-state index contributed by atoms with van der Waals surface area (Å²) in [7, 11) is 0. The van der Waals surface area contributed by atoms with Gasteiger partial charge in [0.05, 0.1) is 6.61 Å². The fraction of sp³-hybridized carbons (Fsp3) is 0.556. The van der Waals surface area contributed by atoms with E-state index in [1.807, 2.05) is 0 Å². The minimum atomic E-state index is -0.476. The SMILES string of the molecule is CCOC(=O)Nc1ccc(NC(=O)C2CCC3(CC2)CNC3)cc1. The van der Waals surface area contributed by atoms with Gasteiger partial charge in [-0.25, -0.2) is 4.79 Å². The zero-order valence-electron chi connectivity index (χ0n) is 14.1. The normalized spacial score (nSPS) is 19.4. The van der Waals surface area contributed by atoms with Crippen LogP contribution in [0.5, 0.6) is 0 Å². The molecule has 2 amide bonds. The first-order chi connectivity index (χ1) is 11.6. The molecule has 1 heterocycles. The highest BCUT2D eigenvalue weighted by molar-refractivity contribution is 5.93. The molecule has 2 aliphatic rings. The van der Waals surface area contributed by atoms with Crippen LogP contribution in [0, 0.1) is 11.3 Å². The largest absolute Gasteiger partial charge is 0.450 e. The summed E-state index contributed by atoms with van der Waals surface area (Å²) in [4.78, 5) is 23.8. The van der Waals surface area contributed by atoms with Gasteiger partial charge in [-0.2, -0.15) is 0 Å². The lowest BCUT2D eigenvalue weighted by atomic mass is 9.67. The van der Waals surface area contributed by atoms with Crippen molar-refractivity contribution in [1.29, 1.82) is 0 Å². The molecule has 0 unspecified atom stereocenters. The Morgan fingerprint density at radius 1 is 1.12 bits per heavy atom. The van der Waals surface area contributed by atoms with Crippen molar-refractivity contribution in [1.82, 2.24) is 5.32 Å². The fourth-order valence-corrected chi connectivity index (χ4v) is 3.49. The molecule has 0 bridgehead atoms. The van der Waals surface area contributed by atoms with Crippen LogP contribution in [0.3, 0.4) is 0 Å². The van der Waals surface area contributed by atoms with Crippen LogP contribution in [0.25, 0.3) is 0 Å². The maximum atomic E-state index is 12.4. The number of hydrogen-bond donors (Lipinski definition) is 3. The average Bonchev–Trinajstić information content (AvgIpc) is 2.55. The van der Waals surface area contributed by atoms with E-state index in [9.17, 15) is 9.59 Å². The molecule has 0 atom stereocenters. The van der Waals surface area contributed by atoms with Gasteiger partial charge >= 0.3 is 6.09 Å². The number of carbonyl (C=O) groups is 2. The quantitative estimate of drug-likeness (QED) is 0.792. The van der Waals surface area contributed by atoms with E-state index in [0.29, 0.717) is 17.7 Å². The zero-order valence-corrected chi connectivity index (χ0v) is 14.1. The molecule has 1 saturated carbocycles. The standard InChI is InChI=1S/C18H25N3O3/c1-2-24-17(23)21-15-5-3-14(4-6-15)20-16(22)13-7-9-18(10-8-13)11-19-12-18/h3-6,13,19H,2,7-12H2,1H3,(H,20,22)(H,21,23). The van der Waals surface area contributed by atoms with Gasteiger partial charge in [0, 0.05) is 30.4 Å².